The van der Waals surface area contributed by atoms with Gasteiger partial charge < -0.3 is 24.5 Å². The number of halogens is 2. The molecular formula is C24H28BClFNO5. The van der Waals surface area contributed by atoms with Crippen molar-refractivity contribution in [1.82, 2.24) is 5.32 Å². The number of ether oxygens (including phenoxy) is 1. The second kappa shape index (κ2) is 7.89. The van der Waals surface area contributed by atoms with Gasteiger partial charge in [-0.15, -0.1) is 0 Å². The summed E-state index contributed by atoms with van der Waals surface area (Å²) in [7, 11) is -0.910. The zero-order valence-electron chi connectivity index (χ0n) is 19.5. The standard InChI is InChI=1S/C24H28BClFNO5/c1-13-18-17(31-24(13,14(2)28-21(29)30)15-10-8-7-9-11-15)12-16(27)20(26)19(18)25-32-22(3,4)23(5,6)33-25/h7-14,28H,1-6H3,(H,29,30)/t13-,14?,24+/m0/s1. The van der Waals surface area contributed by atoms with E-state index in [4.69, 9.17) is 25.6 Å². The minimum Gasteiger partial charge on any atom is -0.479 e. The van der Waals surface area contributed by atoms with Crippen LogP contribution >= 0.6 is 11.6 Å². The van der Waals surface area contributed by atoms with Gasteiger partial charge in [-0.25, -0.2) is 9.18 Å². The third-order valence-electron chi connectivity index (χ3n) is 7.31. The summed E-state index contributed by atoms with van der Waals surface area (Å²) in [6, 6.07) is 9.89. The van der Waals surface area contributed by atoms with Crippen molar-refractivity contribution in [3.8, 4) is 5.75 Å². The first kappa shape index (κ1) is 23.9. The summed E-state index contributed by atoms with van der Waals surface area (Å²) in [5.74, 6) is -0.782. The lowest BCUT2D eigenvalue weighted by Gasteiger charge is -2.39. The van der Waals surface area contributed by atoms with Crippen molar-refractivity contribution in [1.29, 1.82) is 0 Å². The third kappa shape index (κ3) is 3.59. The molecule has 3 atom stereocenters. The zero-order valence-corrected chi connectivity index (χ0v) is 20.3. The van der Waals surface area contributed by atoms with E-state index < -0.39 is 47.8 Å². The quantitative estimate of drug-likeness (QED) is 0.620. The molecule has 0 aromatic heterocycles. The molecule has 0 aliphatic carbocycles. The van der Waals surface area contributed by atoms with E-state index in [9.17, 15) is 9.90 Å². The minimum atomic E-state index is -1.18. The lowest BCUT2D eigenvalue weighted by molar-refractivity contribution is 0.00578. The number of fused-ring (bicyclic) bond motifs is 1. The molecule has 176 valence electrons. The summed E-state index contributed by atoms with van der Waals surface area (Å²) in [5.41, 5.74) is -0.681. The van der Waals surface area contributed by atoms with Crippen molar-refractivity contribution in [2.75, 3.05) is 0 Å². The lowest BCUT2D eigenvalue weighted by atomic mass is 9.68. The highest BCUT2D eigenvalue weighted by Crippen LogP contribution is 2.53. The van der Waals surface area contributed by atoms with E-state index in [-0.39, 0.29) is 10.8 Å². The molecule has 0 bridgehead atoms. The first-order valence-corrected chi connectivity index (χ1v) is 11.3. The minimum absolute atomic E-state index is 0.0922. The molecule has 2 aliphatic rings. The first-order valence-electron chi connectivity index (χ1n) is 10.9. The van der Waals surface area contributed by atoms with Crippen LogP contribution in [0.15, 0.2) is 36.4 Å². The van der Waals surface area contributed by atoms with Crippen LogP contribution in [0.25, 0.3) is 0 Å². The number of benzene rings is 2. The van der Waals surface area contributed by atoms with E-state index in [1.165, 1.54) is 6.07 Å². The summed E-state index contributed by atoms with van der Waals surface area (Å²) in [6.07, 6.45) is -1.18. The van der Waals surface area contributed by atoms with Crippen molar-refractivity contribution in [3.63, 3.8) is 0 Å². The highest BCUT2D eigenvalue weighted by molar-refractivity contribution is 6.66. The molecule has 1 amide bonds. The Morgan fingerprint density at radius 1 is 1.18 bits per heavy atom. The van der Waals surface area contributed by atoms with E-state index in [0.29, 0.717) is 11.0 Å². The van der Waals surface area contributed by atoms with Gasteiger partial charge in [0, 0.05) is 23.0 Å². The number of carboxylic acid groups (broad SMARTS) is 1. The topological polar surface area (TPSA) is 77.0 Å². The molecule has 0 saturated carbocycles. The maximum atomic E-state index is 15.0. The second-order valence-corrected chi connectivity index (χ2v) is 10.1. The first-order chi connectivity index (χ1) is 15.3. The maximum Gasteiger partial charge on any atom is 0.496 e. The Morgan fingerprint density at radius 2 is 1.76 bits per heavy atom. The van der Waals surface area contributed by atoms with Crippen LogP contribution in [0.5, 0.6) is 5.75 Å². The van der Waals surface area contributed by atoms with Gasteiger partial charge in [0.25, 0.3) is 0 Å². The molecule has 1 unspecified atom stereocenters. The lowest BCUT2D eigenvalue weighted by Crippen LogP contribution is -2.53. The van der Waals surface area contributed by atoms with Crippen LogP contribution < -0.4 is 15.5 Å². The molecule has 0 spiro atoms. The molecule has 2 N–H and O–H groups in total. The number of hydrogen-bond donors (Lipinski definition) is 2. The fourth-order valence-corrected chi connectivity index (χ4v) is 5.10. The fourth-order valence-electron chi connectivity index (χ4n) is 4.86. The van der Waals surface area contributed by atoms with Gasteiger partial charge in [0.1, 0.15) is 11.6 Å². The molecule has 2 aromatic carbocycles. The summed E-state index contributed by atoms with van der Waals surface area (Å²) >= 11 is 6.51. The summed E-state index contributed by atoms with van der Waals surface area (Å²) in [6.45, 7) is 11.3. The molecular weight excluding hydrogens is 448 g/mol. The van der Waals surface area contributed by atoms with Crippen LogP contribution in [-0.2, 0) is 14.9 Å². The van der Waals surface area contributed by atoms with Crippen LogP contribution in [0.3, 0.4) is 0 Å². The summed E-state index contributed by atoms with van der Waals surface area (Å²) in [5, 5.41) is 11.9. The van der Waals surface area contributed by atoms with Crippen LogP contribution in [0.2, 0.25) is 5.02 Å². The van der Waals surface area contributed by atoms with E-state index in [0.717, 1.165) is 5.56 Å². The molecule has 6 nitrogen and oxygen atoms in total. The number of amides is 1. The van der Waals surface area contributed by atoms with E-state index in [1.54, 1.807) is 6.92 Å². The number of rotatable bonds is 4. The van der Waals surface area contributed by atoms with Crippen LogP contribution in [-0.4, -0.2) is 35.6 Å². The molecule has 4 rings (SSSR count). The maximum absolute atomic E-state index is 15.0. The number of carbonyl (C=O) groups is 1. The average Bonchev–Trinajstić information content (AvgIpc) is 3.12. The van der Waals surface area contributed by atoms with Crippen molar-refractivity contribution >= 4 is 30.3 Å². The van der Waals surface area contributed by atoms with E-state index in [2.05, 4.69) is 5.32 Å². The normalized spacial score (nSPS) is 25.9. The molecule has 1 fully saturated rings. The van der Waals surface area contributed by atoms with Gasteiger partial charge >= 0.3 is 13.2 Å². The molecule has 2 aromatic rings. The molecule has 1 saturated heterocycles. The number of hydrogen-bond acceptors (Lipinski definition) is 4. The molecule has 2 heterocycles. The number of nitrogens with one attached hydrogen (secondary N) is 1. The van der Waals surface area contributed by atoms with Gasteiger partial charge in [0.2, 0.25) is 0 Å². The third-order valence-corrected chi connectivity index (χ3v) is 7.70. The van der Waals surface area contributed by atoms with Crippen molar-refractivity contribution < 1.29 is 28.3 Å². The van der Waals surface area contributed by atoms with Gasteiger partial charge in [0.15, 0.2) is 5.60 Å². The van der Waals surface area contributed by atoms with Crippen molar-refractivity contribution in [2.45, 2.75) is 70.3 Å². The van der Waals surface area contributed by atoms with Gasteiger partial charge in [-0.1, -0.05) is 48.9 Å². The Balaban J connectivity index is 1.91. The Hall–Kier alpha value is -2.29. The second-order valence-electron chi connectivity index (χ2n) is 9.74. The van der Waals surface area contributed by atoms with Gasteiger partial charge in [0.05, 0.1) is 22.3 Å². The highest BCUT2D eigenvalue weighted by Gasteiger charge is 2.58. The molecule has 0 radical (unpaired) electrons. The van der Waals surface area contributed by atoms with Crippen LogP contribution in [0, 0.1) is 5.82 Å². The van der Waals surface area contributed by atoms with E-state index >= 15 is 4.39 Å². The molecule has 9 heteroatoms. The predicted octanol–water partition coefficient (Wildman–Crippen LogP) is 4.83. The van der Waals surface area contributed by atoms with Crippen molar-refractivity contribution in [3.05, 3.63) is 58.4 Å². The van der Waals surface area contributed by atoms with Crippen LogP contribution in [0.4, 0.5) is 9.18 Å². The van der Waals surface area contributed by atoms with Crippen molar-refractivity contribution in [2.24, 2.45) is 0 Å². The Morgan fingerprint density at radius 3 is 2.30 bits per heavy atom. The SMILES string of the molecule is CC(NC(=O)O)[C@]1(c2ccccc2)Oc2cc(F)c(Cl)c(B3OC(C)(C)C(C)(C)O3)c2[C@@H]1C. The summed E-state index contributed by atoms with van der Waals surface area (Å²) in [4.78, 5) is 11.6. The zero-order chi connectivity index (χ0) is 24.3. The largest absolute Gasteiger partial charge is 0.496 e. The Kier molecular flexibility index (Phi) is 5.71. The van der Waals surface area contributed by atoms with E-state index in [1.807, 2.05) is 65.0 Å². The van der Waals surface area contributed by atoms with Gasteiger partial charge in [-0.3, -0.25) is 0 Å². The van der Waals surface area contributed by atoms with Gasteiger partial charge in [-0.05, 0) is 40.2 Å². The Bertz CT molecular complexity index is 1080. The van der Waals surface area contributed by atoms with Crippen LogP contribution in [0.1, 0.15) is 58.6 Å². The fraction of sp³-hybridized carbons (Fsp3) is 0.458. The smallest absolute Gasteiger partial charge is 0.479 e. The average molecular weight is 476 g/mol. The molecule has 33 heavy (non-hydrogen) atoms. The Labute approximate surface area is 198 Å². The molecule has 2 aliphatic heterocycles. The highest BCUT2D eigenvalue weighted by atomic mass is 35.5. The monoisotopic (exact) mass is 475 g/mol. The predicted molar refractivity (Wildman–Crippen MR) is 125 cm³/mol. The van der Waals surface area contributed by atoms with Gasteiger partial charge in [-0.2, -0.15) is 0 Å². The summed E-state index contributed by atoms with van der Waals surface area (Å²) < 4.78 is 33.9.